The fourth-order valence-corrected chi connectivity index (χ4v) is 4.81. The largest absolute Gasteiger partial charge is 0.452 e. The van der Waals surface area contributed by atoms with E-state index in [2.05, 4.69) is 0 Å². The van der Waals surface area contributed by atoms with Gasteiger partial charge in [0.05, 0.1) is 11.5 Å². The molecule has 1 aromatic carbocycles. The zero-order chi connectivity index (χ0) is 20.0. The van der Waals surface area contributed by atoms with E-state index in [-0.39, 0.29) is 29.5 Å². The van der Waals surface area contributed by atoms with Crippen molar-refractivity contribution >= 4 is 27.8 Å². The molecule has 148 valence electrons. The first-order chi connectivity index (χ1) is 12.7. The Kier molecular flexibility index (Phi) is 7.18. The molecule has 6 nitrogen and oxygen atoms in total. The number of ether oxygens (including phenoxy) is 1. The fourth-order valence-electron chi connectivity index (χ4n) is 3.10. The van der Waals surface area contributed by atoms with Gasteiger partial charge in [0.25, 0.3) is 5.91 Å². The highest BCUT2D eigenvalue weighted by Crippen LogP contribution is 2.21. The summed E-state index contributed by atoms with van der Waals surface area (Å²) >= 11 is 0. The normalized spacial score (nSPS) is 19.7. The maximum atomic E-state index is 12.6. The van der Waals surface area contributed by atoms with Crippen LogP contribution in [-0.2, 0) is 24.2 Å². The molecule has 1 aliphatic heterocycles. The minimum atomic E-state index is -3.10. The van der Waals surface area contributed by atoms with Crippen molar-refractivity contribution in [2.45, 2.75) is 45.7 Å². The monoisotopic (exact) mass is 393 g/mol. The lowest BCUT2D eigenvalue weighted by Crippen LogP contribution is -2.48. The van der Waals surface area contributed by atoms with Crippen molar-refractivity contribution < 1.29 is 22.7 Å². The first-order valence-corrected chi connectivity index (χ1v) is 11.0. The number of hydrogen-bond acceptors (Lipinski definition) is 5. The first-order valence-electron chi connectivity index (χ1n) is 9.15. The van der Waals surface area contributed by atoms with Crippen molar-refractivity contribution in [2.75, 3.05) is 18.1 Å². The zero-order valence-electron chi connectivity index (χ0n) is 16.1. The number of amides is 1. The maximum absolute atomic E-state index is 12.6. The van der Waals surface area contributed by atoms with Gasteiger partial charge in [-0.25, -0.2) is 13.2 Å². The second-order valence-electron chi connectivity index (χ2n) is 6.97. The molecule has 2 atom stereocenters. The highest BCUT2D eigenvalue weighted by molar-refractivity contribution is 7.91. The summed E-state index contributed by atoms with van der Waals surface area (Å²) in [5.74, 6) is -0.892. The van der Waals surface area contributed by atoms with Gasteiger partial charge in [0.15, 0.2) is 16.4 Å². The van der Waals surface area contributed by atoms with Crippen LogP contribution in [0.25, 0.3) is 6.08 Å². The van der Waals surface area contributed by atoms with E-state index in [0.29, 0.717) is 12.8 Å². The Bertz CT molecular complexity index is 798. The van der Waals surface area contributed by atoms with Crippen LogP contribution in [-0.4, -0.2) is 55.4 Å². The third-order valence-corrected chi connectivity index (χ3v) is 6.53. The van der Waals surface area contributed by atoms with E-state index in [1.807, 2.05) is 45.0 Å². The standard InChI is InChI=1S/C20H27NO5S/c1-4-16(3)21(18-11-12-27(24,25)14-18)19(22)13-26-20(23)10-9-17-7-5-15(2)6-8-17/h5-10,16,18H,4,11-14H2,1-3H3/b10-9+/t16-,18-/m1/s1. The molecule has 0 unspecified atom stereocenters. The quantitative estimate of drug-likeness (QED) is 0.525. The highest BCUT2D eigenvalue weighted by atomic mass is 32.2. The molecular formula is C20H27NO5S. The van der Waals surface area contributed by atoms with Crippen molar-refractivity contribution in [3.05, 3.63) is 41.5 Å². The molecule has 2 rings (SSSR count). The van der Waals surface area contributed by atoms with E-state index in [1.165, 1.54) is 6.08 Å². The van der Waals surface area contributed by atoms with E-state index < -0.39 is 22.4 Å². The molecule has 0 spiro atoms. The second-order valence-corrected chi connectivity index (χ2v) is 9.20. The van der Waals surface area contributed by atoms with Gasteiger partial charge in [-0.15, -0.1) is 0 Å². The smallest absolute Gasteiger partial charge is 0.331 e. The molecule has 0 saturated carbocycles. The van der Waals surface area contributed by atoms with Gasteiger partial charge in [-0.1, -0.05) is 36.8 Å². The van der Waals surface area contributed by atoms with Crippen molar-refractivity contribution in [1.82, 2.24) is 4.90 Å². The lowest BCUT2D eigenvalue weighted by Gasteiger charge is -2.33. The van der Waals surface area contributed by atoms with Gasteiger partial charge in [0.1, 0.15) is 0 Å². The molecule has 1 amide bonds. The Labute approximate surface area is 161 Å². The van der Waals surface area contributed by atoms with Gasteiger partial charge < -0.3 is 9.64 Å². The number of carbonyl (C=O) groups excluding carboxylic acids is 2. The van der Waals surface area contributed by atoms with Crippen molar-refractivity contribution in [2.24, 2.45) is 0 Å². The summed E-state index contributed by atoms with van der Waals surface area (Å²) in [7, 11) is -3.10. The van der Waals surface area contributed by atoms with E-state index in [0.717, 1.165) is 11.1 Å². The van der Waals surface area contributed by atoms with Crippen LogP contribution in [0.4, 0.5) is 0 Å². The van der Waals surface area contributed by atoms with E-state index in [4.69, 9.17) is 4.74 Å². The van der Waals surface area contributed by atoms with E-state index >= 15 is 0 Å². The number of hydrogen-bond donors (Lipinski definition) is 0. The molecule has 1 saturated heterocycles. The number of carbonyl (C=O) groups is 2. The van der Waals surface area contributed by atoms with Gasteiger partial charge in [0.2, 0.25) is 0 Å². The zero-order valence-corrected chi connectivity index (χ0v) is 16.9. The summed E-state index contributed by atoms with van der Waals surface area (Å²) in [6.45, 7) is 5.40. The fraction of sp³-hybridized carbons (Fsp3) is 0.500. The summed E-state index contributed by atoms with van der Waals surface area (Å²) in [5, 5.41) is 0. The molecule has 27 heavy (non-hydrogen) atoms. The van der Waals surface area contributed by atoms with Crippen LogP contribution in [0.3, 0.4) is 0 Å². The Balaban J connectivity index is 1.94. The summed E-state index contributed by atoms with van der Waals surface area (Å²) in [6.07, 6.45) is 4.04. The molecule has 0 N–H and O–H groups in total. The summed E-state index contributed by atoms with van der Waals surface area (Å²) < 4.78 is 28.6. The molecule has 1 aromatic rings. The van der Waals surface area contributed by atoms with Crippen LogP contribution in [0.1, 0.15) is 37.8 Å². The predicted octanol–water partition coefficient (Wildman–Crippen LogP) is 2.37. The minimum Gasteiger partial charge on any atom is -0.452 e. The van der Waals surface area contributed by atoms with Gasteiger partial charge >= 0.3 is 5.97 Å². The van der Waals surface area contributed by atoms with Crippen LogP contribution >= 0.6 is 0 Å². The first kappa shape index (κ1) is 21.2. The Morgan fingerprint density at radius 2 is 1.96 bits per heavy atom. The average Bonchev–Trinajstić information content (AvgIpc) is 2.98. The van der Waals surface area contributed by atoms with Gasteiger partial charge in [-0.3, -0.25) is 4.79 Å². The third-order valence-electron chi connectivity index (χ3n) is 4.78. The van der Waals surface area contributed by atoms with Gasteiger partial charge in [0, 0.05) is 18.2 Å². The van der Waals surface area contributed by atoms with Gasteiger partial charge in [-0.2, -0.15) is 0 Å². The predicted molar refractivity (Wildman–Crippen MR) is 105 cm³/mol. The molecule has 0 bridgehead atoms. The van der Waals surface area contributed by atoms with Crippen LogP contribution in [0, 0.1) is 6.92 Å². The molecule has 0 aromatic heterocycles. The van der Waals surface area contributed by atoms with E-state index in [9.17, 15) is 18.0 Å². The lowest BCUT2D eigenvalue weighted by atomic mass is 10.1. The van der Waals surface area contributed by atoms with Crippen molar-refractivity contribution in [1.29, 1.82) is 0 Å². The highest BCUT2D eigenvalue weighted by Gasteiger charge is 2.36. The molecule has 1 heterocycles. The molecule has 1 aliphatic rings. The van der Waals surface area contributed by atoms with Gasteiger partial charge in [-0.05, 0) is 38.3 Å². The van der Waals surface area contributed by atoms with Crippen LogP contribution in [0.5, 0.6) is 0 Å². The summed E-state index contributed by atoms with van der Waals surface area (Å²) in [6, 6.07) is 7.18. The summed E-state index contributed by atoms with van der Waals surface area (Å²) in [5.41, 5.74) is 1.99. The average molecular weight is 394 g/mol. The molecule has 0 aliphatic carbocycles. The van der Waals surface area contributed by atoms with Crippen molar-refractivity contribution in [3.8, 4) is 0 Å². The number of benzene rings is 1. The maximum Gasteiger partial charge on any atom is 0.331 e. The minimum absolute atomic E-state index is 0.0235. The van der Waals surface area contributed by atoms with Crippen molar-refractivity contribution in [3.63, 3.8) is 0 Å². The number of nitrogens with zero attached hydrogens (tertiary/aromatic N) is 1. The van der Waals surface area contributed by atoms with Crippen LogP contribution in [0.15, 0.2) is 30.3 Å². The molecule has 7 heteroatoms. The topological polar surface area (TPSA) is 80.8 Å². The number of esters is 1. The van der Waals surface area contributed by atoms with E-state index in [1.54, 1.807) is 11.0 Å². The second kappa shape index (κ2) is 9.17. The molecular weight excluding hydrogens is 366 g/mol. The van der Waals surface area contributed by atoms with Crippen LogP contribution in [0.2, 0.25) is 0 Å². The Morgan fingerprint density at radius 1 is 1.30 bits per heavy atom. The molecule has 0 radical (unpaired) electrons. The Hall–Kier alpha value is -2.15. The number of rotatable bonds is 7. The molecule has 1 fully saturated rings. The SMILES string of the molecule is CC[C@@H](C)N(C(=O)COC(=O)/C=C/c1ccc(C)cc1)[C@@H]1CCS(=O)(=O)C1. The third kappa shape index (κ3) is 6.20. The lowest BCUT2D eigenvalue weighted by molar-refractivity contribution is -0.150. The number of sulfone groups is 1. The number of aryl methyl sites for hydroxylation is 1. The summed E-state index contributed by atoms with van der Waals surface area (Å²) in [4.78, 5) is 26.1. The van der Waals surface area contributed by atoms with Crippen LogP contribution < -0.4 is 0 Å². The Morgan fingerprint density at radius 3 is 2.52 bits per heavy atom.